The Morgan fingerprint density at radius 2 is 1.17 bits per heavy atom. The van der Waals surface area contributed by atoms with Gasteiger partial charge in [0.1, 0.15) is 0 Å². The number of anilines is 2. The van der Waals surface area contributed by atoms with Crippen LogP contribution in [0.4, 0.5) is 11.8 Å². The lowest BCUT2D eigenvalue weighted by molar-refractivity contribution is 0.521. The predicted molar refractivity (Wildman–Crippen MR) is 92.0 cm³/mol. The monoisotopic (exact) mass is 318 g/mol. The van der Waals surface area contributed by atoms with Crippen molar-refractivity contribution in [3.8, 4) is 0 Å². The molecule has 0 spiro atoms. The van der Waals surface area contributed by atoms with Crippen LogP contribution in [0.5, 0.6) is 0 Å². The van der Waals surface area contributed by atoms with Crippen LogP contribution >= 0.6 is 0 Å². The molecule has 126 valence electrons. The maximum atomic E-state index is 7.89. The van der Waals surface area contributed by atoms with Gasteiger partial charge in [0, 0.05) is 24.2 Å². The highest BCUT2D eigenvalue weighted by Crippen LogP contribution is 2.34. The van der Waals surface area contributed by atoms with E-state index < -0.39 is 0 Å². The van der Waals surface area contributed by atoms with Crippen molar-refractivity contribution in [2.45, 2.75) is 63.5 Å². The van der Waals surface area contributed by atoms with Crippen molar-refractivity contribution in [2.24, 2.45) is 11.5 Å². The van der Waals surface area contributed by atoms with Crippen LogP contribution in [-0.2, 0) is 0 Å². The fourth-order valence-electron chi connectivity index (χ4n) is 3.89. The standard InChI is InChI=1S/C16H26N6O/c17-15(18)21(11-5-1-2-6-11)13-9-10-14(23-13)22(16(19)20)12-7-3-4-8-12/h9-12H,1-8H2,(H3,17,18)(H3,19,20). The first-order chi connectivity index (χ1) is 11.1. The highest BCUT2D eigenvalue weighted by atomic mass is 16.4. The Kier molecular flexibility index (Phi) is 4.45. The highest BCUT2D eigenvalue weighted by molar-refractivity contribution is 5.94. The maximum absolute atomic E-state index is 7.89. The van der Waals surface area contributed by atoms with Gasteiger partial charge in [-0.25, -0.2) is 0 Å². The van der Waals surface area contributed by atoms with Gasteiger partial charge in [0.05, 0.1) is 0 Å². The minimum absolute atomic E-state index is 0.00745. The molecule has 3 rings (SSSR count). The predicted octanol–water partition coefficient (Wildman–Crippen LogP) is 2.56. The Hall–Kier alpha value is -2.18. The molecule has 1 aromatic rings. The SMILES string of the molecule is N=C(N)N(c1ccc(N(C(=N)N)C2CCCC2)o1)C1CCCC1. The zero-order valence-corrected chi connectivity index (χ0v) is 13.4. The fourth-order valence-corrected chi connectivity index (χ4v) is 3.89. The number of hydrogen-bond acceptors (Lipinski definition) is 3. The summed E-state index contributed by atoms with van der Waals surface area (Å²) in [5.41, 5.74) is 11.6. The van der Waals surface area contributed by atoms with Gasteiger partial charge in [-0.2, -0.15) is 0 Å². The molecule has 23 heavy (non-hydrogen) atoms. The summed E-state index contributed by atoms with van der Waals surface area (Å²) in [5.74, 6) is 1.16. The molecule has 0 atom stereocenters. The van der Waals surface area contributed by atoms with Gasteiger partial charge in [0.15, 0.2) is 11.9 Å². The fraction of sp³-hybridized carbons (Fsp3) is 0.625. The first-order valence-corrected chi connectivity index (χ1v) is 8.44. The molecule has 6 N–H and O–H groups in total. The van der Waals surface area contributed by atoms with Crippen LogP contribution in [0.2, 0.25) is 0 Å². The van der Waals surface area contributed by atoms with Gasteiger partial charge in [-0.15, -0.1) is 0 Å². The summed E-state index contributed by atoms with van der Waals surface area (Å²) < 4.78 is 5.97. The Bertz CT molecular complexity index is 522. The van der Waals surface area contributed by atoms with E-state index in [1.807, 2.05) is 12.1 Å². The molecule has 2 fully saturated rings. The molecule has 0 amide bonds. The number of nitrogens with zero attached hydrogens (tertiary/aromatic N) is 2. The Labute approximate surface area is 136 Å². The Balaban J connectivity index is 1.84. The summed E-state index contributed by atoms with van der Waals surface area (Å²) >= 11 is 0. The summed E-state index contributed by atoms with van der Waals surface area (Å²) in [6.07, 6.45) is 8.72. The third-order valence-electron chi connectivity index (χ3n) is 4.95. The number of nitrogens with two attached hydrogens (primary N) is 2. The number of furan rings is 1. The van der Waals surface area contributed by atoms with Crippen LogP contribution in [0.1, 0.15) is 51.4 Å². The number of rotatable bonds is 4. The van der Waals surface area contributed by atoms with E-state index in [9.17, 15) is 0 Å². The van der Waals surface area contributed by atoms with E-state index in [1.54, 1.807) is 9.80 Å². The molecule has 0 aromatic carbocycles. The summed E-state index contributed by atoms with van der Waals surface area (Å²) in [6.45, 7) is 0. The zero-order valence-electron chi connectivity index (χ0n) is 13.4. The molecular formula is C16H26N6O. The molecule has 0 bridgehead atoms. The quantitative estimate of drug-likeness (QED) is 0.502. The van der Waals surface area contributed by atoms with E-state index in [2.05, 4.69) is 0 Å². The van der Waals surface area contributed by atoms with Crippen molar-refractivity contribution in [1.29, 1.82) is 10.8 Å². The van der Waals surface area contributed by atoms with Crippen LogP contribution in [0, 0.1) is 10.8 Å². The van der Waals surface area contributed by atoms with Crippen LogP contribution < -0.4 is 21.3 Å². The first kappa shape index (κ1) is 15.7. The molecule has 0 unspecified atom stereocenters. The van der Waals surface area contributed by atoms with Crippen LogP contribution in [0.25, 0.3) is 0 Å². The van der Waals surface area contributed by atoms with Crippen LogP contribution in [0.3, 0.4) is 0 Å². The van der Waals surface area contributed by atoms with Crippen molar-refractivity contribution in [1.82, 2.24) is 0 Å². The molecule has 7 nitrogen and oxygen atoms in total. The second kappa shape index (κ2) is 6.52. The normalized spacial score (nSPS) is 19.1. The molecule has 0 saturated heterocycles. The molecule has 1 heterocycles. The molecular weight excluding hydrogens is 292 g/mol. The third-order valence-corrected chi connectivity index (χ3v) is 4.95. The van der Waals surface area contributed by atoms with E-state index >= 15 is 0 Å². The molecule has 2 saturated carbocycles. The lowest BCUT2D eigenvalue weighted by Gasteiger charge is -2.28. The van der Waals surface area contributed by atoms with Crippen molar-refractivity contribution in [2.75, 3.05) is 9.80 Å². The molecule has 0 aliphatic heterocycles. The van der Waals surface area contributed by atoms with Crippen LogP contribution in [0.15, 0.2) is 16.5 Å². The lowest BCUT2D eigenvalue weighted by atomic mass is 10.2. The third kappa shape index (κ3) is 3.13. The van der Waals surface area contributed by atoms with Crippen molar-refractivity contribution in [3.05, 3.63) is 12.1 Å². The zero-order chi connectivity index (χ0) is 16.4. The van der Waals surface area contributed by atoms with Gasteiger partial charge in [0.2, 0.25) is 11.8 Å². The average molecular weight is 318 g/mol. The maximum Gasteiger partial charge on any atom is 0.205 e. The Morgan fingerprint density at radius 1 is 0.826 bits per heavy atom. The summed E-state index contributed by atoms with van der Waals surface area (Å²) in [4.78, 5) is 3.53. The van der Waals surface area contributed by atoms with Crippen molar-refractivity contribution < 1.29 is 4.42 Å². The summed E-state index contributed by atoms with van der Waals surface area (Å²) in [7, 11) is 0. The van der Waals surface area contributed by atoms with Crippen molar-refractivity contribution >= 4 is 23.7 Å². The number of guanidine groups is 2. The van der Waals surface area contributed by atoms with Gasteiger partial charge in [-0.1, -0.05) is 25.7 Å². The summed E-state index contributed by atoms with van der Waals surface area (Å²) in [6, 6.07) is 4.12. The molecule has 2 aliphatic carbocycles. The topological polar surface area (TPSA) is 119 Å². The summed E-state index contributed by atoms with van der Waals surface area (Å²) in [5, 5.41) is 15.8. The second-order valence-electron chi connectivity index (χ2n) is 6.50. The molecule has 1 aromatic heterocycles. The van der Waals surface area contributed by atoms with E-state index in [-0.39, 0.29) is 24.0 Å². The van der Waals surface area contributed by atoms with E-state index in [4.69, 9.17) is 26.7 Å². The van der Waals surface area contributed by atoms with Gasteiger partial charge < -0.3 is 15.9 Å². The van der Waals surface area contributed by atoms with Gasteiger partial charge in [-0.3, -0.25) is 20.6 Å². The van der Waals surface area contributed by atoms with Gasteiger partial charge >= 0.3 is 0 Å². The highest BCUT2D eigenvalue weighted by Gasteiger charge is 2.30. The number of nitrogens with one attached hydrogen (secondary N) is 2. The van der Waals surface area contributed by atoms with E-state index in [0.29, 0.717) is 11.8 Å². The largest absolute Gasteiger partial charge is 0.424 e. The first-order valence-electron chi connectivity index (χ1n) is 8.44. The number of hydrogen-bond donors (Lipinski definition) is 4. The molecule has 2 aliphatic rings. The minimum Gasteiger partial charge on any atom is -0.424 e. The van der Waals surface area contributed by atoms with Gasteiger partial charge in [-0.05, 0) is 25.7 Å². The average Bonchev–Trinajstić information content (AvgIpc) is 3.21. The van der Waals surface area contributed by atoms with Crippen molar-refractivity contribution in [3.63, 3.8) is 0 Å². The molecule has 0 radical (unpaired) electrons. The van der Waals surface area contributed by atoms with Gasteiger partial charge in [0.25, 0.3) is 0 Å². The van der Waals surface area contributed by atoms with Crippen LogP contribution in [-0.4, -0.2) is 24.0 Å². The lowest BCUT2D eigenvalue weighted by Crippen LogP contribution is -2.43. The smallest absolute Gasteiger partial charge is 0.205 e. The Morgan fingerprint density at radius 3 is 1.48 bits per heavy atom. The minimum atomic E-state index is 0.00745. The van der Waals surface area contributed by atoms with E-state index in [1.165, 1.54) is 0 Å². The second-order valence-corrected chi connectivity index (χ2v) is 6.50. The molecule has 7 heteroatoms. The van der Waals surface area contributed by atoms with E-state index in [0.717, 1.165) is 51.4 Å².